The van der Waals surface area contributed by atoms with E-state index in [0.717, 1.165) is 11.6 Å². The molecule has 164 valence electrons. The van der Waals surface area contributed by atoms with Gasteiger partial charge in [-0.3, -0.25) is 20.3 Å². The monoisotopic (exact) mass is 452 g/mol. The summed E-state index contributed by atoms with van der Waals surface area (Å²) in [6, 6.07) is 19.2. The summed E-state index contributed by atoms with van der Waals surface area (Å²) in [5.41, 5.74) is 3.60. The molecule has 3 aromatic carbocycles. The molecule has 0 saturated heterocycles. The number of hydrogen-bond donors (Lipinski definition) is 2. The molecule has 0 radical (unpaired) electrons. The molecule has 0 amide bonds. The molecule has 0 aromatic heterocycles. The highest BCUT2D eigenvalue weighted by Gasteiger charge is 2.22. The summed E-state index contributed by atoms with van der Waals surface area (Å²) in [4.78, 5) is 10.2. The average Bonchev–Trinajstić information content (AvgIpc) is 2.79. The van der Waals surface area contributed by atoms with E-state index >= 15 is 0 Å². The summed E-state index contributed by atoms with van der Waals surface area (Å²) in [6.07, 6.45) is 4.95. The minimum absolute atomic E-state index is 0.0842. The maximum absolute atomic E-state index is 13.0. The Bertz CT molecular complexity index is 1240. The summed E-state index contributed by atoms with van der Waals surface area (Å²) in [7, 11) is -2.66. The zero-order valence-electron chi connectivity index (χ0n) is 17.0. The lowest BCUT2D eigenvalue weighted by atomic mass is 10.2. The number of hydrazone groups is 1. The number of nitro groups is 1. The van der Waals surface area contributed by atoms with Gasteiger partial charge in [0.25, 0.3) is 15.7 Å². The topological polar surface area (TPSA) is 123 Å². The molecule has 0 fully saturated rings. The highest BCUT2D eigenvalue weighted by molar-refractivity contribution is 7.92. The normalized spacial score (nSPS) is 11.5. The Hall–Kier alpha value is -4.18. The Morgan fingerprint density at radius 3 is 2.41 bits per heavy atom. The van der Waals surface area contributed by atoms with Gasteiger partial charge >= 0.3 is 0 Å². The maximum atomic E-state index is 13.0. The summed E-state index contributed by atoms with van der Waals surface area (Å²) in [6.45, 7) is 0. The molecule has 0 bridgehead atoms. The van der Waals surface area contributed by atoms with Crippen LogP contribution in [0.1, 0.15) is 5.56 Å². The zero-order chi connectivity index (χ0) is 23.0. The molecule has 0 saturated carbocycles. The number of nitro benzene ring substituents is 1. The third-order valence-electron chi connectivity index (χ3n) is 4.24. The van der Waals surface area contributed by atoms with Crippen molar-refractivity contribution in [1.29, 1.82) is 0 Å². The fourth-order valence-electron chi connectivity index (χ4n) is 2.68. The predicted molar refractivity (Wildman–Crippen MR) is 124 cm³/mol. The number of allylic oxidation sites excluding steroid dienone is 1. The van der Waals surface area contributed by atoms with Gasteiger partial charge in [-0.2, -0.15) is 5.10 Å². The van der Waals surface area contributed by atoms with Gasteiger partial charge in [-0.25, -0.2) is 8.42 Å². The fraction of sp³-hybridized carbons (Fsp3) is 0.0455. The van der Waals surface area contributed by atoms with Gasteiger partial charge in [-0.05, 0) is 42.0 Å². The van der Waals surface area contributed by atoms with Crippen LogP contribution in [0.25, 0.3) is 6.08 Å². The van der Waals surface area contributed by atoms with Crippen LogP contribution in [0.4, 0.5) is 17.1 Å². The highest BCUT2D eigenvalue weighted by atomic mass is 32.2. The standard InChI is InChI=1S/C22H20N4O5S/c1-31-20-12-9-18(10-13-20)25-32(29,30)22-16-19(26(27)28)11-14-21(22)24-23-15-5-8-17-6-3-2-4-7-17/h2-16,24-25H,1H3. The predicted octanol–water partition coefficient (Wildman–Crippen LogP) is 4.52. The average molecular weight is 452 g/mol. The molecule has 0 aliphatic carbocycles. The fourth-order valence-corrected chi connectivity index (χ4v) is 3.91. The molecule has 0 aliphatic heterocycles. The van der Waals surface area contributed by atoms with Crippen molar-refractivity contribution in [3.05, 3.63) is 94.6 Å². The lowest BCUT2D eigenvalue weighted by Crippen LogP contribution is -2.15. The molecule has 0 heterocycles. The van der Waals surface area contributed by atoms with Gasteiger partial charge in [0.05, 0.1) is 17.7 Å². The molecule has 9 nitrogen and oxygen atoms in total. The number of sulfonamides is 1. The molecular weight excluding hydrogens is 432 g/mol. The van der Waals surface area contributed by atoms with Crippen molar-refractivity contribution in [2.45, 2.75) is 4.90 Å². The van der Waals surface area contributed by atoms with Crippen molar-refractivity contribution in [1.82, 2.24) is 0 Å². The number of rotatable bonds is 9. The van der Waals surface area contributed by atoms with E-state index in [0.29, 0.717) is 5.75 Å². The molecule has 32 heavy (non-hydrogen) atoms. The zero-order valence-corrected chi connectivity index (χ0v) is 17.8. The Labute approximate surface area is 185 Å². The minimum Gasteiger partial charge on any atom is -0.497 e. The summed E-state index contributed by atoms with van der Waals surface area (Å²) >= 11 is 0. The van der Waals surface area contributed by atoms with Gasteiger partial charge in [0.2, 0.25) is 0 Å². The van der Waals surface area contributed by atoms with Crippen molar-refractivity contribution in [3.63, 3.8) is 0 Å². The van der Waals surface area contributed by atoms with Crippen LogP contribution in [0.3, 0.4) is 0 Å². The number of nitrogens with one attached hydrogen (secondary N) is 2. The third kappa shape index (κ3) is 5.92. The molecule has 0 aliphatic rings. The Balaban J connectivity index is 1.84. The van der Waals surface area contributed by atoms with Gasteiger partial charge in [0.1, 0.15) is 10.6 Å². The molecule has 3 aromatic rings. The van der Waals surface area contributed by atoms with E-state index < -0.39 is 14.9 Å². The molecule has 3 rings (SSSR count). The van der Waals surface area contributed by atoms with Crippen molar-refractivity contribution in [2.75, 3.05) is 17.3 Å². The van der Waals surface area contributed by atoms with E-state index in [1.54, 1.807) is 18.2 Å². The number of benzene rings is 3. The lowest BCUT2D eigenvalue weighted by molar-refractivity contribution is -0.385. The van der Waals surface area contributed by atoms with E-state index in [1.807, 2.05) is 36.4 Å². The molecule has 0 unspecified atom stereocenters. The Kier molecular flexibility index (Phi) is 7.19. The second-order valence-electron chi connectivity index (χ2n) is 6.43. The Morgan fingerprint density at radius 1 is 1.03 bits per heavy atom. The largest absolute Gasteiger partial charge is 0.497 e. The SMILES string of the molecule is COc1ccc(NS(=O)(=O)c2cc([N+](=O)[O-])ccc2NN=CC=Cc2ccccc2)cc1. The van der Waals surface area contributed by atoms with Crippen LogP contribution in [0.5, 0.6) is 5.75 Å². The first-order valence-corrected chi connectivity index (χ1v) is 10.8. The first-order chi connectivity index (χ1) is 15.4. The molecule has 0 atom stereocenters. The summed E-state index contributed by atoms with van der Waals surface area (Å²) < 4.78 is 33.4. The van der Waals surface area contributed by atoms with Crippen molar-refractivity contribution < 1.29 is 18.1 Å². The lowest BCUT2D eigenvalue weighted by Gasteiger charge is -2.12. The van der Waals surface area contributed by atoms with Crippen LogP contribution in [-0.2, 0) is 10.0 Å². The van der Waals surface area contributed by atoms with E-state index in [-0.39, 0.29) is 22.0 Å². The number of methoxy groups -OCH3 is 1. The summed E-state index contributed by atoms with van der Waals surface area (Å²) in [5, 5.41) is 15.2. The second kappa shape index (κ2) is 10.2. The van der Waals surface area contributed by atoms with E-state index in [2.05, 4.69) is 15.2 Å². The van der Waals surface area contributed by atoms with Crippen LogP contribution in [-0.4, -0.2) is 26.7 Å². The third-order valence-corrected chi connectivity index (χ3v) is 5.66. The molecule has 0 spiro atoms. The number of hydrogen-bond acceptors (Lipinski definition) is 7. The van der Waals surface area contributed by atoms with Crippen LogP contribution in [0, 0.1) is 10.1 Å². The number of anilines is 2. The number of ether oxygens (including phenoxy) is 1. The van der Waals surface area contributed by atoms with Gasteiger partial charge in [-0.1, -0.05) is 36.4 Å². The minimum atomic E-state index is -4.15. The van der Waals surface area contributed by atoms with Crippen molar-refractivity contribution in [2.24, 2.45) is 5.10 Å². The number of non-ortho nitro benzene ring substituents is 1. The molecule has 2 N–H and O–H groups in total. The van der Waals surface area contributed by atoms with Crippen LogP contribution in [0.2, 0.25) is 0 Å². The van der Waals surface area contributed by atoms with Crippen LogP contribution >= 0.6 is 0 Å². The second-order valence-corrected chi connectivity index (χ2v) is 8.08. The van der Waals surface area contributed by atoms with Gasteiger partial charge in [0.15, 0.2) is 0 Å². The van der Waals surface area contributed by atoms with Crippen LogP contribution in [0.15, 0.2) is 88.9 Å². The molecule has 10 heteroatoms. The van der Waals surface area contributed by atoms with Crippen molar-refractivity contribution in [3.8, 4) is 5.75 Å². The van der Waals surface area contributed by atoms with E-state index in [1.165, 1.54) is 37.6 Å². The molecular formula is C22H20N4O5S. The first-order valence-electron chi connectivity index (χ1n) is 9.35. The highest BCUT2D eigenvalue weighted by Crippen LogP contribution is 2.28. The summed E-state index contributed by atoms with van der Waals surface area (Å²) in [5.74, 6) is 0.559. The van der Waals surface area contributed by atoms with E-state index in [4.69, 9.17) is 4.74 Å². The van der Waals surface area contributed by atoms with Gasteiger partial charge in [0, 0.05) is 24.0 Å². The first kappa shape index (κ1) is 22.5. The maximum Gasteiger partial charge on any atom is 0.270 e. The van der Waals surface area contributed by atoms with Gasteiger partial charge < -0.3 is 4.74 Å². The van der Waals surface area contributed by atoms with Crippen LogP contribution < -0.4 is 14.9 Å². The quantitative estimate of drug-likeness (QED) is 0.280. The van der Waals surface area contributed by atoms with Crippen molar-refractivity contribution >= 4 is 39.4 Å². The van der Waals surface area contributed by atoms with Gasteiger partial charge in [-0.15, -0.1) is 0 Å². The smallest absolute Gasteiger partial charge is 0.270 e. The van der Waals surface area contributed by atoms with E-state index in [9.17, 15) is 18.5 Å². The Morgan fingerprint density at radius 2 is 1.75 bits per heavy atom. The number of nitrogens with zero attached hydrogens (tertiary/aromatic N) is 2.